The van der Waals surface area contributed by atoms with Crippen LogP contribution in [0.2, 0.25) is 0 Å². The van der Waals surface area contributed by atoms with Crippen LogP contribution in [0.15, 0.2) is 29.3 Å². The van der Waals surface area contributed by atoms with Crippen molar-refractivity contribution in [1.82, 2.24) is 10.2 Å². The van der Waals surface area contributed by atoms with E-state index in [0.717, 1.165) is 36.4 Å². The molecule has 0 amide bonds. The van der Waals surface area contributed by atoms with E-state index in [1.807, 2.05) is 19.2 Å². The van der Waals surface area contributed by atoms with Gasteiger partial charge in [0.15, 0.2) is 5.96 Å². The van der Waals surface area contributed by atoms with E-state index >= 15 is 0 Å². The molecule has 3 rings (SSSR count). The number of ether oxygens (including phenoxy) is 1. The van der Waals surface area contributed by atoms with E-state index in [9.17, 15) is 4.79 Å². The fraction of sp³-hybridized carbons (Fsp3) is 0.579. The minimum atomic E-state index is -0.301. The molecule has 0 radical (unpaired) electrons. The maximum absolute atomic E-state index is 11.5. The summed E-state index contributed by atoms with van der Waals surface area (Å²) >= 11 is 0. The molecule has 6 heteroatoms. The molecule has 0 aromatic heterocycles. The van der Waals surface area contributed by atoms with Gasteiger partial charge in [-0.1, -0.05) is 25.0 Å². The van der Waals surface area contributed by atoms with Crippen molar-refractivity contribution in [3.63, 3.8) is 0 Å². The standard InChI is InChI=1S/C19H27N3O2.HI/c1-20-19(22-12-16-5-3-4-6-17(16)13-22)21-11-14-7-9-15(10-8-14)18(23)24-2;/h7-10,16-17H,3-6,11-13H2,1-2H3,(H,20,21);1H. The lowest BCUT2D eigenvalue weighted by molar-refractivity contribution is 0.0600. The predicted octanol–water partition coefficient (Wildman–Crippen LogP) is 3.29. The third kappa shape index (κ3) is 4.86. The molecule has 1 heterocycles. The summed E-state index contributed by atoms with van der Waals surface area (Å²) in [4.78, 5) is 18.3. The van der Waals surface area contributed by atoms with E-state index in [0.29, 0.717) is 12.1 Å². The number of halogens is 1. The third-order valence-electron chi connectivity index (χ3n) is 5.31. The number of fused-ring (bicyclic) bond motifs is 1. The average Bonchev–Trinajstić information content (AvgIpc) is 3.06. The highest BCUT2D eigenvalue weighted by Crippen LogP contribution is 2.35. The van der Waals surface area contributed by atoms with Crippen LogP contribution in [0.1, 0.15) is 41.6 Å². The lowest BCUT2D eigenvalue weighted by Gasteiger charge is -2.22. The Kier molecular flexibility index (Phi) is 7.53. The van der Waals surface area contributed by atoms with Crippen molar-refractivity contribution in [2.45, 2.75) is 32.2 Å². The van der Waals surface area contributed by atoms with Crippen LogP contribution in [0.5, 0.6) is 0 Å². The molecule has 2 atom stereocenters. The number of hydrogen-bond donors (Lipinski definition) is 1. The third-order valence-corrected chi connectivity index (χ3v) is 5.31. The van der Waals surface area contributed by atoms with Gasteiger partial charge in [-0.05, 0) is 42.4 Å². The summed E-state index contributed by atoms with van der Waals surface area (Å²) in [6.45, 7) is 2.97. The zero-order chi connectivity index (χ0) is 16.9. The number of aliphatic imine (C=N–C) groups is 1. The summed E-state index contributed by atoms with van der Waals surface area (Å²) in [5, 5.41) is 3.46. The second-order valence-electron chi connectivity index (χ2n) is 6.80. The van der Waals surface area contributed by atoms with Gasteiger partial charge in [-0.15, -0.1) is 24.0 Å². The molecule has 2 fully saturated rings. The molecule has 1 aliphatic carbocycles. The SMILES string of the molecule is CN=C(NCc1ccc(C(=O)OC)cc1)N1CC2CCCCC2C1.I. The van der Waals surface area contributed by atoms with Crippen molar-refractivity contribution < 1.29 is 9.53 Å². The van der Waals surface area contributed by atoms with Crippen molar-refractivity contribution in [2.24, 2.45) is 16.8 Å². The van der Waals surface area contributed by atoms with Crippen LogP contribution in [-0.2, 0) is 11.3 Å². The van der Waals surface area contributed by atoms with Crippen LogP contribution in [-0.4, -0.2) is 44.1 Å². The summed E-state index contributed by atoms with van der Waals surface area (Å²) in [5.74, 6) is 2.37. The number of likely N-dealkylation sites (tertiary alicyclic amines) is 1. The minimum absolute atomic E-state index is 0. The molecule has 1 aromatic carbocycles. The first-order chi connectivity index (χ1) is 11.7. The van der Waals surface area contributed by atoms with Gasteiger partial charge < -0.3 is 15.0 Å². The molecule has 1 N–H and O–H groups in total. The highest BCUT2D eigenvalue weighted by Gasteiger charge is 2.35. The van der Waals surface area contributed by atoms with Crippen LogP contribution in [0.3, 0.4) is 0 Å². The summed E-state index contributed by atoms with van der Waals surface area (Å²) in [7, 11) is 3.25. The topological polar surface area (TPSA) is 53.9 Å². The van der Waals surface area contributed by atoms with E-state index in [4.69, 9.17) is 4.74 Å². The fourth-order valence-corrected chi connectivity index (χ4v) is 3.97. The number of carbonyl (C=O) groups is 1. The van der Waals surface area contributed by atoms with Crippen molar-refractivity contribution >= 4 is 35.9 Å². The number of hydrogen-bond acceptors (Lipinski definition) is 3. The van der Waals surface area contributed by atoms with Gasteiger partial charge in [0.1, 0.15) is 0 Å². The molecule has 1 aliphatic heterocycles. The van der Waals surface area contributed by atoms with Crippen LogP contribution >= 0.6 is 24.0 Å². The summed E-state index contributed by atoms with van der Waals surface area (Å²) in [6.07, 6.45) is 5.50. The van der Waals surface area contributed by atoms with E-state index in [1.165, 1.54) is 32.8 Å². The molecule has 0 bridgehead atoms. The Bertz CT molecular complexity index is 589. The fourth-order valence-electron chi connectivity index (χ4n) is 3.97. The molecule has 2 unspecified atom stereocenters. The van der Waals surface area contributed by atoms with E-state index in [1.54, 1.807) is 12.1 Å². The molecule has 2 aliphatic rings. The molecule has 138 valence electrons. The average molecular weight is 457 g/mol. The van der Waals surface area contributed by atoms with Crippen molar-refractivity contribution in [2.75, 3.05) is 27.2 Å². The van der Waals surface area contributed by atoms with Gasteiger partial charge in [-0.25, -0.2) is 4.79 Å². The van der Waals surface area contributed by atoms with Crippen LogP contribution in [0.25, 0.3) is 0 Å². The second kappa shape index (κ2) is 9.40. The maximum Gasteiger partial charge on any atom is 0.337 e. The van der Waals surface area contributed by atoms with Gasteiger partial charge in [0.25, 0.3) is 0 Å². The van der Waals surface area contributed by atoms with E-state index in [2.05, 4.69) is 15.2 Å². The molecule has 25 heavy (non-hydrogen) atoms. The Hall–Kier alpha value is -1.31. The van der Waals surface area contributed by atoms with E-state index in [-0.39, 0.29) is 29.9 Å². The van der Waals surface area contributed by atoms with Crippen molar-refractivity contribution in [3.05, 3.63) is 35.4 Å². The van der Waals surface area contributed by atoms with Gasteiger partial charge >= 0.3 is 5.97 Å². The molecule has 1 saturated heterocycles. The number of methoxy groups -OCH3 is 1. The Labute approximate surface area is 167 Å². The van der Waals surface area contributed by atoms with E-state index < -0.39 is 0 Å². The van der Waals surface area contributed by atoms with Gasteiger partial charge in [0, 0.05) is 26.7 Å². The molecule has 1 aromatic rings. The Morgan fingerprint density at radius 3 is 2.32 bits per heavy atom. The zero-order valence-electron chi connectivity index (χ0n) is 15.0. The van der Waals surface area contributed by atoms with Crippen LogP contribution < -0.4 is 5.32 Å². The summed E-state index contributed by atoms with van der Waals surface area (Å²) in [5.41, 5.74) is 1.70. The highest BCUT2D eigenvalue weighted by atomic mass is 127. The number of esters is 1. The number of rotatable bonds is 3. The number of guanidine groups is 1. The number of carbonyl (C=O) groups excluding carboxylic acids is 1. The van der Waals surface area contributed by atoms with Gasteiger partial charge in [0.05, 0.1) is 12.7 Å². The first-order valence-electron chi connectivity index (χ1n) is 8.84. The molecular formula is C19H28IN3O2. The highest BCUT2D eigenvalue weighted by molar-refractivity contribution is 14.0. The number of nitrogens with one attached hydrogen (secondary N) is 1. The van der Waals surface area contributed by atoms with Crippen molar-refractivity contribution in [3.8, 4) is 0 Å². The Balaban J connectivity index is 0.00000225. The van der Waals surface area contributed by atoms with Crippen LogP contribution in [0, 0.1) is 11.8 Å². The predicted molar refractivity (Wildman–Crippen MR) is 110 cm³/mol. The first kappa shape index (κ1) is 20.0. The molecule has 1 saturated carbocycles. The normalized spacial score (nSPS) is 22.8. The van der Waals surface area contributed by atoms with Gasteiger partial charge in [-0.3, -0.25) is 4.99 Å². The van der Waals surface area contributed by atoms with Gasteiger partial charge in [-0.2, -0.15) is 0 Å². The monoisotopic (exact) mass is 457 g/mol. The number of nitrogens with zero attached hydrogens (tertiary/aromatic N) is 2. The smallest absolute Gasteiger partial charge is 0.337 e. The first-order valence-corrected chi connectivity index (χ1v) is 8.84. The number of benzene rings is 1. The maximum atomic E-state index is 11.5. The summed E-state index contributed by atoms with van der Waals surface area (Å²) < 4.78 is 4.73. The molecule has 0 spiro atoms. The minimum Gasteiger partial charge on any atom is -0.465 e. The quantitative estimate of drug-likeness (QED) is 0.328. The lowest BCUT2D eigenvalue weighted by Crippen LogP contribution is -2.39. The largest absolute Gasteiger partial charge is 0.465 e. The summed E-state index contributed by atoms with van der Waals surface area (Å²) in [6, 6.07) is 7.51. The Morgan fingerprint density at radius 1 is 1.20 bits per heavy atom. The van der Waals surface area contributed by atoms with Crippen molar-refractivity contribution in [1.29, 1.82) is 0 Å². The van der Waals surface area contributed by atoms with Crippen LogP contribution in [0.4, 0.5) is 0 Å². The second-order valence-corrected chi connectivity index (χ2v) is 6.80. The molecule has 5 nitrogen and oxygen atoms in total. The molecular weight excluding hydrogens is 429 g/mol. The zero-order valence-corrected chi connectivity index (χ0v) is 17.4. The van der Waals surface area contributed by atoms with Gasteiger partial charge in [0.2, 0.25) is 0 Å². The Morgan fingerprint density at radius 2 is 1.80 bits per heavy atom. The lowest BCUT2D eigenvalue weighted by atomic mass is 9.82.